The van der Waals surface area contributed by atoms with E-state index in [1.165, 1.54) is 6.08 Å². The number of carbonyl (C=O) groups is 1. The first kappa shape index (κ1) is 26.5. The first-order chi connectivity index (χ1) is 18.4. The van der Waals surface area contributed by atoms with Gasteiger partial charge in [0, 0.05) is 16.3 Å². The number of hydrogen-bond acceptors (Lipinski definition) is 4. The Morgan fingerprint density at radius 1 is 0.868 bits per heavy atom. The van der Waals surface area contributed by atoms with Crippen molar-refractivity contribution >= 4 is 29.3 Å². The number of aryl methyl sites for hydroxylation is 2. The number of nitrogens with one attached hydrogen (secondary N) is 1. The van der Waals surface area contributed by atoms with Crippen LogP contribution < -0.4 is 14.8 Å². The van der Waals surface area contributed by atoms with Gasteiger partial charge in [0.1, 0.15) is 36.4 Å². The van der Waals surface area contributed by atoms with Gasteiger partial charge in [-0.2, -0.15) is 5.26 Å². The molecule has 0 saturated carbocycles. The van der Waals surface area contributed by atoms with E-state index < -0.39 is 5.91 Å². The summed E-state index contributed by atoms with van der Waals surface area (Å²) < 4.78 is 11.8. The molecule has 0 aliphatic heterocycles. The van der Waals surface area contributed by atoms with E-state index in [0.29, 0.717) is 41.0 Å². The molecule has 0 saturated heterocycles. The number of ether oxygens (including phenoxy) is 2. The lowest BCUT2D eigenvalue weighted by molar-refractivity contribution is -0.112. The summed E-state index contributed by atoms with van der Waals surface area (Å²) in [7, 11) is 0. The maximum atomic E-state index is 12.9. The Morgan fingerprint density at radius 2 is 1.55 bits per heavy atom. The van der Waals surface area contributed by atoms with Crippen LogP contribution in [0.4, 0.5) is 5.69 Å². The van der Waals surface area contributed by atoms with Crippen molar-refractivity contribution in [3.63, 3.8) is 0 Å². The summed E-state index contributed by atoms with van der Waals surface area (Å²) in [6, 6.07) is 30.2. The fourth-order valence-corrected chi connectivity index (χ4v) is 4.14. The van der Waals surface area contributed by atoms with E-state index in [0.717, 1.165) is 22.3 Å². The van der Waals surface area contributed by atoms with Crippen molar-refractivity contribution in [2.24, 2.45) is 0 Å². The largest absolute Gasteiger partial charge is 0.489 e. The number of rotatable bonds is 9. The summed E-state index contributed by atoms with van der Waals surface area (Å²) in [5, 5.41) is 12.9. The lowest BCUT2D eigenvalue weighted by Gasteiger charge is -2.12. The molecule has 0 fully saturated rings. The van der Waals surface area contributed by atoms with E-state index in [-0.39, 0.29) is 5.57 Å². The van der Waals surface area contributed by atoms with Crippen LogP contribution >= 0.6 is 11.6 Å². The molecule has 0 aliphatic rings. The highest BCUT2D eigenvalue weighted by Gasteiger charge is 2.13. The number of carbonyl (C=O) groups excluding carboxylic acids is 1. The third-order valence-electron chi connectivity index (χ3n) is 5.67. The first-order valence-electron chi connectivity index (χ1n) is 12.1. The van der Waals surface area contributed by atoms with E-state index in [4.69, 9.17) is 21.1 Å². The second-order valence-corrected chi connectivity index (χ2v) is 9.33. The number of hydrogen-bond donors (Lipinski definition) is 1. The van der Waals surface area contributed by atoms with Crippen molar-refractivity contribution in [1.29, 1.82) is 5.26 Å². The molecule has 4 rings (SSSR count). The van der Waals surface area contributed by atoms with Gasteiger partial charge in [-0.25, -0.2) is 0 Å². The molecule has 0 atom stereocenters. The predicted octanol–water partition coefficient (Wildman–Crippen LogP) is 7.66. The topological polar surface area (TPSA) is 71.3 Å². The lowest BCUT2D eigenvalue weighted by atomic mass is 10.1. The molecule has 0 unspecified atom stereocenters. The van der Waals surface area contributed by atoms with Crippen LogP contribution in [-0.4, -0.2) is 5.91 Å². The van der Waals surface area contributed by atoms with E-state index in [1.807, 2.05) is 50.2 Å². The van der Waals surface area contributed by atoms with Crippen LogP contribution in [0.5, 0.6) is 11.5 Å². The van der Waals surface area contributed by atoms with Gasteiger partial charge in [-0.1, -0.05) is 71.3 Å². The Kier molecular flexibility index (Phi) is 8.81. The number of benzene rings is 4. The molecule has 0 spiro atoms. The lowest BCUT2D eigenvalue weighted by Crippen LogP contribution is -2.13. The van der Waals surface area contributed by atoms with Crippen molar-refractivity contribution in [2.75, 3.05) is 5.32 Å². The summed E-state index contributed by atoms with van der Waals surface area (Å²) >= 11 is 6.21. The van der Waals surface area contributed by atoms with Crippen LogP contribution in [0.25, 0.3) is 6.08 Å². The number of nitrogens with zero attached hydrogens (tertiary/aromatic N) is 1. The van der Waals surface area contributed by atoms with Crippen LogP contribution in [0.1, 0.15) is 27.8 Å². The molecule has 0 radical (unpaired) electrons. The molecule has 6 heteroatoms. The summed E-state index contributed by atoms with van der Waals surface area (Å²) in [6.07, 6.45) is 1.48. The minimum Gasteiger partial charge on any atom is -0.489 e. The number of nitriles is 1. The van der Waals surface area contributed by atoms with E-state index in [1.54, 1.807) is 42.5 Å². The van der Waals surface area contributed by atoms with Gasteiger partial charge in [0.2, 0.25) is 0 Å². The standard InChI is InChI=1S/C32H27ClN2O3/c1-22-14-23(2)16-25(15-22)21-38-31-13-8-28(33)18-26(31)17-27(19-34)32(36)35-29-9-11-30(12-10-29)37-20-24-6-4-3-5-7-24/h3-18H,20-21H2,1-2H3,(H,35,36)/b27-17+. The Balaban J connectivity index is 1.44. The second kappa shape index (κ2) is 12.6. The van der Waals surface area contributed by atoms with Crippen molar-refractivity contribution in [1.82, 2.24) is 0 Å². The quantitative estimate of drug-likeness (QED) is 0.181. The fraction of sp³-hybridized carbons (Fsp3) is 0.125. The summed E-state index contributed by atoms with van der Waals surface area (Å²) in [4.78, 5) is 12.9. The van der Waals surface area contributed by atoms with E-state index in [9.17, 15) is 10.1 Å². The Bertz CT molecular complexity index is 1470. The Labute approximate surface area is 227 Å². The van der Waals surface area contributed by atoms with Crippen LogP contribution in [0.2, 0.25) is 5.02 Å². The zero-order valence-corrected chi connectivity index (χ0v) is 22.0. The van der Waals surface area contributed by atoms with Gasteiger partial charge in [-0.3, -0.25) is 4.79 Å². The SMILES string of the molecule is Cc1cc(C)cc(COc2ccc(Cl)cc2/C=C(\C#N)C(=O)Nc2ccc(OCc3ccccc3)cc2)c1. The van der Waals surface area contributed by atoms with Gasteiger partial charge in [-0.15, -0.1) is 0 Å². The zero-order valence-electron chi connectivity index (χ0n) is 21.2. The summed E-state index contributed by atoms with van der Waals surface area (Å²) in [6.45, 7) is 4.87. The monoisotopic (exact) mass is 522 g/mol. The van der Waals surface area contributed by atoms with Crippen molar-refractivity contribution in [3.8, 4) is 17.6 Å². The fourth-order valence-electron chi connectivity index (χ4n) is 3.95. The number of halogens is 1. The first-order valence-corrected chi connectivity index (χ1v) is 12.5. The van der Waals surface area contributed by atoms with Gasteiger partial charge in [-0.05, 0) is 73.5 Å². The summed E-state index contributed by atoms with van der Waals surface area (Å²) in [5.41, 5.74) is 5.40. The Hall–Kier alpha value is -4.53. The molecule has 38 heavy (non-hydrogen) atoms. The summed E-state index contributed by atoms with van der Waals surface area (Å²) in [5.74, 6) is 0.659. The second-order valence-electron chi connectivity index (χ2n) is 8.89. The van der Waals surface area contributed by atoms with Crippen LogP contribution in [0.3, 0.4) is 0 Å². The van der Waals surface area contributed by atoms with Gasteiger partial charge < -0.3 is 14.8 Å². The van der Waals surface area contributed by atoms with Gasteiger partial charge in [0.15, 0.2) is 0 Å². The van der Waals surface area contributed by atoms with Crippen molar-refractivity contribution in [3.05, 3.63) is 129 Å². The number of amides is 1. The molecule has 0 aromatic heterocycles. The molecule has 4 aromatic rings. The predicted molar refractivity (Wildman–Crippen MR) is 151 cm³/mol. The van der Waals surface area contributed by atoms with Gasteiger partial charge >= 0.3 is 0 Å². The number of anilines is 1. The smallest absolute Gasteiger partial charge is 0.266 e. The normalized spacial score (nSPS) is 10.9. The van der Waals surface area contributed by atoms with Crippen molar-refractivity contribution in [2.45, 2.75) is 27.1 Å². The molecule has 1 amide bonds. The minimum atomic E-state index is -0.536. The Morgan fingerprint density at radius 3 is 2.24 bits per heavy atom. The highest BCUT2D eigenvalue weighted by Crippen LogP contribution is 2.27. The molecule has 5 nitrogen and oxygen atoms in total. The van der Waals surface area contributed by atoms with E-state index >= 15 is 0 Å². The zero-order chi connectivity index (χ0) is 26.9. The maximum absolute atomic E-state index is 12.9. The van der Waals surface area contributed by atoms with Crippen LogP contribution in [0.15, 0.2) is 96.6 Å². The van der Waals surface area contributed by atoms with E-state index in [2.05, 4.69) is 23.5 Å². The minimum absolute atomic E-state index is 0.0760. The molecule has 0 heterocycles. The van der Waals surface area contributed by atoms with Gasteiger partial charge in [0.05, 0.1) is 0 Å². The highest BCUT2D eigenvalue weighted by atomic mass is 35.5. The molecule has 4 aromatic carbocycles. The molecule has 0 aliphatic carbocycles. The molecule has 190 valence electrons. The highest BCUT2D eigenvalue weighted by molar-refractivity contribution is 6.30. The molecular weight excluding hydrogens is 496 g/mol. The average molecular weight is 523 g/mol. The molecule has 1 N–H and O–H groups in total. The third-order valence-corrected chi connectivity index (χ3v) is 5.91. The molecular formula is C32H27ClN2O3. The third kappa shape index (κ3) is 7.49. The van der Waals surface area contributed by atoms with Crippen molar-refractivity contribution < 1.29 is 14.3 Å². The van der Waals surface area contributed by atoms with Gasteiger partial charge in [0.25, 0.3) is 5.91 Å². The van der Waals surface area contributed by atoms with Crippen LogP contribution in [-0.2, 0) is 18.0 Å². The van der Waals surface area contributed by atoms with Crippen LogP contribution in [0, 0.1) is 25.2 Å². The average Bonchev–Trinajstić information content (AvgIpc) is 2.91. The molecule has 0 bridgehead atoms. The maximum Gasteiger partial charge on any atom is 0.266 e.